The maximum absolute atomic E-state index is 2.57. The Morgan fingerprint density at radius 1 is 0.364 bits per heavy atom. The number of anilines is 6. The molecule has 2 heteroatoms. The Labute approximate surface area is 465 Å². The zero-order valence-corrected chi connectivity index (χ0v) is 49.5. The molecule has 1 aliphatic carbocycles. The summed E-state index contributed by atoms with van der Waals surface area (Å²) in [5.41, 5.74) is 27.5. The third-order valence-electron chi connectivity index (χ3n) is 16.7. The maximum atomic E-state index is 2.57. The van der Waals surface area contributed by atoms with Crippen LogP contribution in [0.2, 0.25) is 0 Å². The zero-order valence-electron chi connectivity index (χ0n) is 49.5. The molecule has 0 aliphatic heterocycles. The van der Waals surface area contributed by atoms with Crippen molar-refractivity contribution < 1.29 is 0 Å². The summed E-state index contributed by atoms with van der Waals surface area (Å²) in [4.78, 5) is 5.10. The van der Waals surface area contributed by atoms with Crippen LogP contribution in [0.25, 0.3) is 11.1 Å². The first-order valence-electron chi connectivity index (χ1n) is 29.3. The summed E-state index contributed by atoms with van der Waals surface area (Å²) in [6.07, 6.45) is 12.2. The summed E-state index contributed by atoms with van der Waals surface area (Å²) < 4.78 is 0. The molecule has 0 aromatic heterocycles. The van der Waals surface area contributed by atoms with Gasteiger partial charge in [0, 0.05) is 22.7 Å². The van der Waals surface area contributed by atoms with E-state index < -0.39 is 5.41 Å². The Balaban J connectivity index is 1.35. The van der Waals surface area contributed by atoms with Crippen molar-refractivity contribution in [1.29, 1.82) is 0 Å². The van der Waals surface area contributed by atoms with Crippen LogP contribution in [0.4, 0.5) is 34.1 Å². The molecule has 0 unspecified atom stereocenters. The fraction of sp³-hybridized carbons (Fsp3) is 0.360. The number of hydrogen-bond acceptors (Lipinski definition) is 2. The van der Waals surface area contributed by atoms with Gasteiger partial charge < -0.3 is 9.80 Å². The third kappa shape index (κ3) is 11.2. The minimum atomic E-state index is -0.658. The van der Waals surface area contributed by atoms with Crippen LogP contribution in [0.5, 0.6) is 0 Å². The molecule has 8 aromatic rings. The Morgan fingerprint density at radius 3 is 1.04 bits per heavy atom. The second kappa shape index (κ2) is 22.8. The molecule has 0 spiro atoms. The minimum Gasteiger partial charge on any atom is -0.310 e. The molecule has 77 heavy (non-hydrogen) atoms. The van der Waals surface area contributed by atoms with Crippen LogP contribution in [-0.2, 0) is 29.1 Å². The van der Waals surface area contributed by atoms with Crippen LogP contribution in [0.1, 0.15) is 185 Å². The van der Waals surface area contributed by atoms with Crippen molar-refractivity contribution in [2.45, 2.75) is 177 Å². The SMILES string of the molecule is CCCCCCc1ccc(C2(c3ccc(CCCCCC)cc3)c3cc(N(c4cccc(C)c4)c4c(C)cc(C(C)(C)C)cc4C)ccc3-c3ccc(N(c4cccc(C)c4)c4c(C)cc(C(C)(C)C)cc4C)cc32)cc1. The van der Waals surface area contributed by atoms with Gasteiger partial charge in [0.15, 0.2) is 0 Å². The number of nitrogens with zero attached hydrogens (tertiary/aromatic N) is 2. The predicted molar refractivity (Wildman–Crippen MR) is 335 cm³/mol. The van der Waals surface area contributed by atoms with Gasteiger partial charge in [0.05, 0.1) is 16.8 Å². The van der Waals surface area contributed by atoms with E-state index in [0.29, 0.717) is 0 Å². The molecule has 8 aromatic carbocycles. The molecule has 0 radical (unpaired) electrons. The van der Waals surface area contributed by atoms with E-state index in [1.807, 2.05) is 0 Å². The average molecular weight is 1020 g/mol. The van der Waals surface area contributed by atoms with Gasteiger partial charge in [0.25, 0.3) is 0 Å². The van der Waals surface area contributed by atoms with Gasteiger partial charge in [-0.15, -0.1) is 0 Å². The van der Waals surface area contributed by atoms with Crippen LogP contribution in [0.3, 0.4) is 0 Å². The molecule has 0 atom stereocenters. The molecule has 0 saturated carbocycles. The molecule has 9 rings (SSSR count). The fourth-order valence-electron chi connectivity index (χ4n) is 12.6. The fourth-order valence-corrected chi connectivity index (χ4v) is 12.6. The number of rotatable bonds is 18. The van der Waals surface area contributed by atoms with Gasteiger partial charge >= 0.3 is 0 Å². The molecule has 398 valence electrons. The first-order chi connectivity index (χ1) is 36.8. The minimum absolute atomic E-state index is 0.0261. The van der Waals surface area contributed by atoms with Crippen molar-refractivity contribution in [3.8, 4) is 11.1 Å². The van der Waals surface area contributed by atoms with Crippen LogP contribution < -0.4 is 9.80 Å². The van der Waals surface area contributed by atoms with E-state index in [1.54, 1.807) is 0 Å². The molecule has 2 nitrogen and oxygen atoms in total. The summed E-state index contributed by atoms with van der Waals surface area (Å²) in [7, 11) is 0. The van der Waals surface area contributed by atoms with Crippen molar-refractivity contribution in [3.05, 3.63) is 236 Å². The van der Waals surface area contributed by atoms with Crippen LogP contribution in [0.15, 0.2) is 158 Å². The van der Waals surface area contributed by atoms with Crippen LogP contribution >= 0.6 is 0 Å². The quantitative estimate of drug-likeness (QED) is 0.0791. The lowest BCUT2D eigenvalue weighted by Crippen LogP contribution is -2.29. The number of hydrogen-bond donors (Lipinski definition) is 0. The summed E-state index contributed by atoms with van der Waals surface area (Å²) in [6, 6.07) is 62.4. The normalized spacial score (nSPS) is 12.9. The van der Waals surface area contributed by atoms with Crippen molar-refractivity contribution >= 4 is 34.1 Å². The van der Waals surface area contributed by atoms with Crippen molar-refractivity contribution in [3.63, 3.8) is 0 Å². The highest BCUT2D eigenvalue weighted by atomic mass is 15.2. The first-order valence-corrected chi connectivity index (χ1v) is 29.3. The lowest BCUT2D eigenvalue weighted by atomic mass is 9.67. The van der Waals surface area contributed by atoms with Crippen molar-refractivity contribution in [2.75, 3.05) is 9.80 Å². The smallest absolute Gasteiger partial charge is 0.0715 e. The van der Waals surface area contributed by atoms with Crippen LogP contribution in [0, 0.1) is 41.5 Å². The number of benzene rings is 8. The molecule has 1 aliphatic rings. The van der Waals surface area contributed by atoms with E-state index in [2.05, 4.69) is 264 Å². The van der Waals surface area contributed by atoms with E-state index in [1.165, 1.54) is 163 Å². The van der Waals surface area contributed by atoms with Gasteiger partial charge in [-0.25, -0.2) is 0 Å². The lowest BCUT2D eigenvalue weighted by Gasteiger charge is -2.36. The highest BCUT2D eigenvalue weighted by Crippen LogP contribution is 2.59. The van der Waals surface area contributed by atoms with Gasteiger partial charge in [-0.05, 0) is 216 Å². The summed E-state index contributed by atoms with van der Waals surface area (Å²) in [5, 5.41) is 0. The van der Waals surface area contributed by atoms with Crippen molar-refractivity contribution in [2.24, 2.45) is 0 Å². The number of fused-ring (bicyclic) bond motifs is 3. The van der Waals surface area contributed by atoms with Gasteiger partial charge in [-0.3, -0.25) is 0 Å². The average Bonchev–Trinajstić information content (AvgIpc) is 3.96. The van der Waals surface area contributed by atoms with Gasteiger partial charge in [0.1, 0.15) is 0 Å². The second-order valence-electron chi connectivity index (χ2n) is 25.0. The molecule has 0 N–H and O–H groups in total. The topological polar surface area (TPSA) is 6.48 Å². The Hall–Kier alpha value is -6.64. The number of aryl methyl sites for hydroxylation is 8. The van der Waals surface area contributed by atoms with E-state index in [-0.39, 0.29) is 10.8 Å². The standard InChI is InChI=1S/C75H88N2/c1-15-17-19-21-27-57-31-35-59(36-32-57)75(60-37-33-58(34-38-60)28-22-20-18-16-2)69-49-65(76(63-29-23-25-51(3)43-63)71-53(5)45-61(46-54(71)6)73(9,10)11)39-41-67(69)68-42-40-66(50-70(68)75)77(64-30-24-26-52(4)44-64)72-55(7)47-62(48-56(72)8)74(12,13)14/h23-26,29-50H,15-22,27-28H2,1-14H3. The second-order valence-corrected chi connectivity index (χ2v) is 25.0. The Bertz CT molecular complexity index is 3080. The lowest BCUT2D eigenvalue weighted by molar-refractivity contribution is 0.589. The van der Waals surface area contributed by atoms with Gasteiger partial charge in [0.2, 0.25) is 0 Å². The Morgan fingerprint density at radius 2 is 0.714 bits per heavy atom. The third-order valence-corrected chi connectivity index (χ3v) is 16.7. The molecule has 0 saturated heterocycles. The molecular weight excluding hydrogens is 929 g/mol. The van der Waals surface area contributed by atoms with Gasteiger partial charge in [-0.2, -0.15) is 0 Å². The largest absolute Gasteiger partial charge is 0.310 e. The summed E-state index contributed by atoms with van der Waals surface area (Å²) in [5.74, 6) is 0. The highest BCUT2D eigenvalue weighted by Gasteiger charge is 2.47. The Kier molecular flexibility index (Phi) is 16.3. The molecule has 0 fully saturated rings. The van der Waals surface area contributed by atoms with E-state index in [9.17, 15) is 0 Å². The highest BCUT2D eigenvalue weighted by molar-refractivity contribution is 5.93. The molecule has 0 amide bonds. The molecular formula is C75H88N2. The zero-order chi connectivity index (χ0) is 54.8. The maximum Gasteiger partial charge on any atom is 0.0715 e. The van der Waals surface area contributed by atoms with Crippen LogP contribution in [-0.4, -0.2) is 0 Å². The van der Waals surface area contributed by atoms with Gasteiger partial charge in [-0.1, -0.05) is 203 Å². The number of unbranched alkanes of at least 4 members (excludes halogenated alkanes) is 6. The van der Waals surface area contributed by atoms with E-state index in [0.717, 1.165) is 24.2 Å². The van der Waals surface area contributed by atoms with E-state index >= 15 is 0 Å². The molecule has 0 bridgehead atoms. The van der Waals surface area contributed by atoms with Crippen molar-refractivity contribution in [1.82, 2.24) is 0 Å². The summed E-state index contributed by atoms with van der Waals surface area (Å²) >= 11 is 0. The summed E-state index contributed by atoms with van der Waals surface area (Å²) in [6.45, 7) is 32.2. The first kappa shape index (κ1) is 55.1. The monoisotopic (exact) mass is 1020 g/mol. The predicted octanol–water partition coefficient (Wildman–Crippen LogP) is 21.7. The molecule has 0 heterocycles. The van der Waals surface area contributed by atoms with E-state index in [4.69, 9.17) is 0 Å².